The SMILES string of the molecule is CCC1(C(=O)O)CCN(c2ccc(Cl)cc2C(N)=O)C1. The number of carboxylic acid groups (broad SMARTS) is 1. The molecule has 1 aliphatic heterocycles. The minimum Gasteiger partial charge on any atom is -0.481 e. The van der Waals surface area contributed by atoms with Crippen molar-refractivity contribution < 1.29 is 14.7 Å². The Morgan fingerprint density at radius 2 is 2.20 bits per heavy atom. The molecule has 1 aliphatic rings. The topological polar surface area (TPSA) is 83.6 Å². The van der Waals surface area contributed by atoms with Crippen molar-refractivity contribution in [1.29, 1.82) is 0 Å². The summed E-state index contributed by atoms with van der Waals surface area (Å²) < 4.78 is 0. The fraction of sp³-hybridized carbons (Fsp3) is 0.429. The lowest BCUT2D eigenvalue weighted by Crippen LogP contribution is -2.34. The van der Waals surface area contributed by atoms with Crippen molar-refractivity contribution in [2.75, 3.05) is 18.0 Å². The van der Waals surface area contributed by atoms with E-state index >= 15 is 0 Å². The number of nitrogens with two attached hydrogens (primary N) is 1. The summed E-state index contributed by atoms with van der Waals surface area (Å²) in [5, 5.41) is 9.84. The van der Waals surface area contributed by atoms with Crippen LogP contribution in [0.1, 0.15) is 30.1 Å². The van der Waals surface area contributed by atoms with Gasteiger partial charge in [0.15, 0.2) is 0 Å². The summed E-state index contributed by atoms with van der Waals surface area (Å²) in [7, 11) is 0. The number of halogens is 1. The molecule has 20 heavy (non-hydrogen) atoms. The predicted octanol–water partition coefficient (Wildman–Crippen LogP) is 2.13. The average Bonchev–Trinajstić information content (AvgIpc) is 2.84. The molecule has 0 aliphatic carbocycles. The second-order valence-electron chi connectivity index (χ2n) is 5.14. The van der Waals surface area contributed by atoms with E-state index in [0.717, 1.165) is 0 Å². The van der Waals surface area contributed by atoms with E-state index in [1.54, 1.807) is 12.1 Å². The highest BCUT2D eigenvalue weighted by Gasteiger charge is 2.43. The van der Waals surface area contributed by atoms with Crippen LogP contribution < -0.4 is 10.6 Å². The Balaban J connectivity index is 2.35. The molecule has 2 rings (SSSR count). The second-order valence-corrected chi connectivity index (χ2v) is 5.57. The zero-order chi connectivity index (χ0) is 14.9. The summed E-state index contributed by atoms with van der Waals surface area (Å²) in [5.74, 6) is -1.36. The highest BCUT2D eigenvalue weighted by molar-refractivity contribution is 6.31. The maximum Gasteiger partial charge on any atom is 0.311 e. The third kappa shape index (κ3) is 2.45. The number of rotatable bonds is 4. The third-order valence-corrected chi connectivity index (χ3v) is 4.28. The van der Waals surface area contributed by atoms with Gasteiger partial charge in [-0.3, -0.25) is 9.59 Å². The van der Waals surface area contributed by atoms with Crippen molar-refractivity contribution in [3.63, 3.8) is 0 Å². The number of amides is 1. The number of hydrogen-bond donors (Lipinski definition) is 2. The summed E-state index contributed by atoms with van der Waals surface area (Å²) in [6.45, 7) is 2.83. The Morgan fingerprint density at radius 1 is 1.50 bits per heavy atom. The van der Waals surface area contributed by atoms with Gasteiger partial charge in [-0.15, -0.1) is 0 Å². The molecule has 0 aromatic heterocycles. The largest absolute Gasteiger partial charge is 0.481 e. The molecule has 1 atom stereocenters. The number of nitrogens with zero attached hydrogens (tertiary/aromatic N) is 1. The van der Waals surface area contributed by atoms with Gasteiger partial charge in [0, 0.05) is 23.8 Å². The van der Waals surface area contributed by atoms with Crippen LogP contribution >= 0.6 is 11.6 Å². The van der Waals surface area contributed by atoms with Crippen LogP contribution in [0.2, 0.25) is 5.02 Å². The first-order valence-corrected chi connectivity index (χ1v) is 6.85. The second kappa shape index (κ2) is 5.32. The van der Waals surface area contributed by atoms with Crippen LogP contribution in [-0.4, -0.2) is 30.1 Å². The van der Waals surface area contributed by atoms with Crippen LogP contribution in [0.4, 0.5) is 5.69 Å². The molecule has 0 bridgehead atoms. The van der Waals surface area contributed by atoms with E-state index in [0.29, 0.717) is 42.2 Å². The molecule has 1 fully saturated rings. The molecule has 1 heterocycles. The molecule has 0 spiro atoms. The van der Waals surface area contributed by atoms with E-state index in [-0.39, 0.29) is 0 Å². The fourth-order valence-electron chi connectivity index (χ4n) is 2.67. The number of benzene rings is 1. The number of hydrogen-bond acceptors (Lipinski definition) is 3. The van der Waals surface area contributed by atoms with Gasteiger partial charge in [0.1, 0.15) is 0 Å². The quantitative estimate of drug-likeness (QED) is 0.891. The Hall–Kier alpha value is -1.75. The number of carboxylic acids is 1. The van der Waals surface area contributed by atoms with Gasteiger partial charge in [-0.2, -0.15) is 0 Å². The number of carbonyl (C=O) groups is 2. The first-order chi connectivity index (χ1) is 9.39. The first-order valence-electron chi connectivity index (χ1n) is 6.47. The predicted molar refractivity (Wildman–Crippen MR) is 77.2 cm³/mol. The van der Waals surface area contributed by atoms with Gasteiger partial charge in [-0.05, 0) is 31.0 Å². The highest BCUT2D eigenvalue weighted by Crippen LogP contribution is 2.38. The third-order valence-electron chi connectivity index (χ3n) is 4.05. The van der Waals surface area contributed by atoms with Gasteiger partial charge in [-0.1, -0.05) is 18.5 Å². The number of aliphatic carboxylic acids is 1. The minimum atomic E-state index is -0.794. The Kier molecular flexibility index (Phi) is 3.90. The van der Waals surface area contributed by atoms with Crippen LogP contribution in [0.15, 0.2) is 18.2 Å². The van der Waals surface area contributed by atoms with Crippen LogP contribution in [0.25, 0.3) is 0 Å². The van der Waals surface area contributed by atoms with Crippen molar-refractivity contribution in [2.45, 2.75) is 19.8 Å². The van der Waals surface area contributed by atoms with Crippen molar-refractivity contribution in [3.8, 4) is 0 Å². The maximum absolute atomic E-state index is 11.5. The van der Waals surface area contributed by atoms with Gasteiger partial charge < -0.3 is 15.7 Å². The zero-order valence-corrected chi connectivity index (χ0v) is 12.0. The standard InChI is InChI=1S/C14H17ClN2O3/c1-2-14(13(19)20)5-6-17(8-14)11-4-3-9(15)7-10(11)12(16)18/h3-4,7H,2,5-6,8H2,1H3,(H2,16,18)(H,19,20). The van der Waals surface area contributed by atoms with Crippen molar-refractivity contribution in [3.05, 3.63) is 28.8 Å². The van der Waals surface area contributed by atoms with Gasteiger partial charge in [0.2, 0.25) is 0 Å². The summed E-state index contributed by atoms with van der Waals surface area (Å²) in [4.78, 5) is 24.9. The molecule has 1 amide bonds. The van der Waals surface area contributed by atoms with Gasteiger partial charge in [0.25, 0.3) is 5.91 Å². The van der Waals surface area contributed by atoms with E-state index in [1.165, 1.54) is 6.07 Å². The molecule has 6 heteroatoms. The zero-order valence-electron chi connectivity index (χ0n) is 11.2. The number of carbonyl (C=O) groups excluding carboxylic acids is 1. The van der Waals surface area contributed by atoms with E-state index < -0.39 is 17.3 Å². The molecule has 1 aromatic rings. The lowest BCUT2D eigenvalue weighted by atomic mass is 9.84. The lowest BCUT2D eigenvalue weighted by Gasteiger charge is -2.25. The normalized spacial score (nSPS) is 22.0. The van der Waals surface area contributed by atoms with Crippen LogP contribution in [0, 0.1) is 5.41 Å². The van der Waals surface area contributed by atoms with Crippen LogP contribution in [0.3, 0.4) is 0 Å². The monoisotopic (exact) mass is 296 g/mol. The highest BCUT2D eigenvalue weighted by atomic mass is 35.5. The van der Waals surface area contributed by atoms with E-state index in [1.807, 2.05) is 11.8 Å². The fourth-order valence-corrected chi connectivity index (χ4v) is 2.85. The van der Waals surface area contributed by atoms with E-state index in [4.69, 9.17) is 17.3 Å². The molecule has 1 unspecified atom stereocenters. The van der Waals surface area contributed by atoms with Crippen molar-refractivity contribution in [2.24, 2.45) is 11.1 Å². The van der Waals surface area contributed by atoms with Gasteiger partial charge in [-0.25, -0.2) is 0 Å². The Labute approximate surface area is 122 Å². The molecule has 3 N–H and O–H groups in total. The van der Waals surface area contributed by atoms with Crippen molar-refractivity contribution in [1.82, 2.24) is 0 Å². The summed E-state index contributed by atoms with van der Waals surface area (Å²) >= 11 is 5.88. The molecular formula is C14H17ClN2O3. The van der Waals surface area contributed by atoms with Crippen LogP contribution in [-0.2, 0) is 4.79 Å². The molecule has 1 saturated heterocycles. The summed E-state index contributed by atoms with van der Waals surface area (Å²) in [5.41, 5.74) is 5.59. The van der Waals surface area contributed by atoms with E-state index in [2.05, 4.69) is 0 Å². The van der Waals surface area contributed by atoms with Crippen molar-refractivity contribution >= 4 is 29.2 Å². The van der Waals surface area contributed by atoms with Gasteiger partial charge in [0.05, 0.1) is 11.0 Å². The smallest absolute Gasteiger partial charge is 0.311 e. The van der Waals surface area contributed by atoms with Gasteiger partial charge >= 0.3 is 5.97 Å². The minimum absolute atomic E-state index is 0.329. The average molecular weight is 297 g/mol. The molecule has 0 saturated carbocycles. The van der Waals surface area contributed by atoms with E-state index in [9.17, 15) is 14.7 Å². The first kappa shape index (κ1) is 14.7. The molecule has 1 aromatic carbocycles. The molecule has 0 radical (unpaired) electrons. The molecule has 108 valence electrons. The molecule has 5 nitrogen and oxygen atoms in total. The lowest BCUT2D eigenvalue weighted by molar-refractivity contribution is -0.147. The molecular weight excluding hydrogens is 280 g/mol. The summed E-state index contributed by atoms with van der Waals surface area (Å²) in [6.07, 6.45) is 1.11. The van der Waals surface area contributed by atoms with Crippen LogP contribution in [0.5, 0.6) is 0 Å². The maximum atomic E-state index is 11.5. The summed E-state index contributed by atoms with van der Waals surface area (Å²) in [6, 6.07) is 4.91. The Morgan fingerprint density at radius 3 is 2.70 bits per heavy atom. The number of anilines is 1. The Bertz CT molecular complexity index is 561. The number of primary amides is 1.